The Morgan fingerprint density at radius 2 is 2.00 bits per heavy atom. The van der Waals surface area contributed by atoms with Crippen molar-refractivity contribution in [1.82, 2.24) is 4.90 Å². The Morgan fingerprint density at radius 3 is 2.65 bits per heavy atom. The highest BCUT2D eigenvalue weighted by molar-refractivity contribution is 6.34. The molecule has 0 spiro atoms. The van der Waals surface area contributed by atoms with Gasteiger partial charge in [-0.15, -0.1) is 0 Å². The van der Waals surface area contributed by atoms with Gasteiger partial charge < -0.3 is 15.4 Å². The minimum Gasteiger partial charge on any atom is -0.377 e. The van der Waals surface area contributed by atoms with Crippen LogP contribution < -0.4 is 5.73 Å². The number of nitrogens with zero attached hydrogens (tertiary/aromatic N) is 1. The first-order valence-corrected chi connectivity index (χ1v) is 5.43. The van der Waals surface area contributed by atoms with E-state index in [-0.39, 0.29) is 6.04 Å². The van der Waals surface area contributed by atoms with Gasteiger partial charge in [0, 0.05) is 6.54 Å². The normalized spacial score (nSPS) is 20.0. The average Bonchev–Trinajstić information content (AvgIpc) is 2.39. The Labute approximate surface area is 99.2 Å². The Balaban J connectivity index is 2.24. The quantitative estimate of drug-likeness (QED) is 0.699. The molecule has 1 atom stereocenters. The molecule has 2 N–H and O–H groups in total. The molecule has 0 aliphatic carbocycles. The Morgan fingerprint density at radius 1 is 1.29 bits per heavy atom. The van der Waals surface area contributed by atoms with Crippen LogP contribution in [-0.2, 0) is 14.3 Å². The molecule has 90 valence electrons. The van der Waals surface area contributed by atoms with Crippen molar-refractivity contribution < 1.29 is 14.3 Å². The molecule has 1 aromatic carbocycles. The summed E-state index contributed by atoms with van der Waals surface area (Å²) in [5.41, 5.74) is 5.98. The lowest BCUT2D eigenvalue weighted by Crippen LogP contribution is -2.48. The predicted octanol–water partition coefficient (Wildman–Crippen LogP) is 0.0718. The van der Waals surface area contributed by atoms with E-state index in [1.165, 1.54) is 4.90 Å². The van der Waals surface area contributed by atoms with Gasteiger partial charge in [-0.05, 0) is 5.56 Å². The SMILES string of the molecule is NC(=O)C(=O)N1CCOCC1c1ccccc1. The maximum atomic E-state index is 11.7. The van der Waals surface area contributed by atoms with Crippen molar-refractivity contribution in [3.8, 4) is 0 Å². The van der Waals surface area contributed by atoms with Crippen molar-refractivity contribution in [2.75, 3.05) is 19.8 Å². The van der Waals surface area contributed by atoms with Gasteiger partial charge in [-0.1, -0.05) is 30.3 Å². The zero-order chi connectivity index (χ0) is 12.3. The zero-order valence-corrected chi connectivity index (χ0v) is 9.33. The second-order valence-corrected chi connectivity index (χ2v) is 3.86. The molecule has 5 nitrogen and oxygen atoms in total. The van der Waals surface area contributed by atoms with Crippen LogP contribution in [0.4, 0.5) is 0 Å². The summed E-state index contributed by atoms with van der Waals surface area (Å²) in [4.78, 5) is 24.1. The largest absolute Gasteiger partial charge is 0.377 e. The van der Waals surface area contributed by atoms with Crippen LogP contribution in [0.1, 0.15) is 11.6 Å². The maximum absolute atomic E-state index is 11.7. The number of primary amides is 1. The van der Waals surface area contributed by atoms with Crippen LogP contribution in [0.5, 0.6) is 0 Å². The second kappa shape index (κ2) is 4.97. The van der Waals surface area contributed by atoms with Gasteiger partial charge in [0.1, 0.15) is 0 Å². The van der Waals surface area contributed by atoms with Crippen LogP contribution in [0.3, 0.4) is 0 Å². The molecule has 1 aliphatic heterocycles. The van der Waals surface area contributed by atoms with Crippen molar-refractivity contribution in [3.05, 3.63) is 35.9 Å². The average molecular weight is 234 g/mol. The lowest BCUT2D eigenvalue weighted by atomic mass is 10.0. The van der Waals surface area contributed by atoms with E-state index < -0.39 is 11.8 Å². The third-order valence-corrected chi connectivity index (χ3v) is 2.78. The van der Waals surface area contributed by atoms with E-state index in [9.17, 15) is 9.59 Å². The van der Waals surface area contributed by atoms with Crippen molar-refractivity contribution in [3.63, 3.8) is 0 Å². The van der Waals surface area contributed by atoms with Crippen molar-refractivity contribution in [2.45, 2.75) is 6.04 Å². The molecule has 1 saturated heterocycles. The number of nitrogens with two attached hydrogens (primary N) is 1. The number of benzene rings is 1. The van der Waals surface area contributed by atoms with Gasteiger partial charge in [0.2, 0.25) is 0 Å². The monoisotopic (exact) mass is 234 g/mol. The molecule has 0 saturated carbocycles. The van der Waals surface area contributed by atoms with Crippen molar-refractivity contribution >= 4 is 11.8 Å². The highest BCUT2D eigenvalue weighted by Crippen LogP contribution is 2.23. The molecule has 1 aromatic rings. The number of morpholine rings is 1. The molecule has 2 rings (SSSR count). The van der Waals surface area contributed by atoms with Gasteiger partial charge in [-0.3, -0.25) is 9.59 Å². The molecule has 0 radical (unpaired) electrons. The number of amides is 2. The molecule has 17 heavy (non-hydrogen) atoms. The van der Waals surface area contributed by atoms with E-state index in [4.69, 9.17) is 10.5 Å². The van der Waals surface area contributed by atoms with Crippen molar-refractivity contribution in [2.24, 2.45) is 5.73 Å². The summed E-state index contributed by atoms with van der Waals surface area (Å²) >= 11 is 0. The number of hydrogen-bond donors (Lipinski definition) is 1. The van der Waals surface area contributed by atoms with Crippen LogP contribution >= 0.6 is 0 Å². The summed E-state index contributed by atoms with van der Waals surface area (Å²) in [5, 5.41) is 0. The number of hydrogen-bond acceptors (Lipinski definition) is 3. The molecule has 1 aliphatic rings. The molecular formula is C12H14N2O3. The number of rotatable bonds is 1. The van der Waals surface area contributed by atoms with E-state index in [0.717, 1.165) is 5.56 Å². The molecule has 1 heterocycles. The molecule has 0 bridgehead atoms. The third kappa shape index (κ3) is 2.45. The molecule has 2 amide bonds. The molecular weight excluding hydrogens is 220 g/mol. The van der Waals surface area contributed by atoms with Gasteiger partial charge in [0.05, 0.1) is 19.3 Å². The van der Waals surface area contributed by atoms with Gasteiger partial charge >= 0.3 is 11.8 Å². The lowest BCUT2D eigenvalue weighted by Gasteiger charge is -2.35. The van der Waals surface area contributed by atoms with E-state index in [0.29, 0.717) is 19.8 Å². The summed E-state index contributed by atoms with van der Waals surface area (Å²) in [6.07, 6.45) is 0. The Bertz CT molecular complexity index is 419. The van der Waals surface area contributed by atoms with Crippen LogP contribution in [-0.4, -0.2) is 36.5 Å². The first-order valence-electron chi connectivity index (χ1n) is 5.43. The second-order valence-electron chi connectivity index (χ2n) is 3.86. The summed E-state index contributed by atoms with van der Waals surface area (Å²) in [6.45, 7) is 1.22. The minimum atomic E-state index is -0.923. The molecule has 1 fully saturated rings. The van der Waals surface area contributed by atoms with Crippen LogP contribution in [0.25, 0.3) is 0 Å². The van der Waals surface area contributed by atoms with Crippen LogP contribution in [0.15, 0.2) is 30.3 Å². The summed E-state index contributed by atoms with van der Waals surface area (Å²) in [6, 6.07) is 9.24. The van der Waals surface area contributed by atoms with E-state index in [1.54, 1.807) is 0 Å². The number of ether oxygens (including phenoxy) is 1. The fraction of sp³-hybridized carbons (Fsp3) is 0.333. The van der Waals surface area contributed by atoms with Crippen LogP contribution in [0, 0.1) is 0 Å². The smallest absolute Gasteiger partial charge is 0.312 e. The zero-order valence-electron chi connectivity index (χ0n) is 9.33. The number of carbonyl (C=O) groups excluding carboxylic acids is 2. The van der Waals surface area contributed by atoms with Gasteiger partial charge in [-0.25, -0.2) is 0 Å². The maximum Gasteiger partial charge on any atom is 0.312 e. The highest BCUT2D eigenvalue weighted by atomic mass is 16.5. The molecule has 5 heteroatoms. The molecule has 0 aromatic heterocycles. The van der Waals surface area contributed by atoms with Gasteiger partial charge in [0.25, 0.3) is 0 Å². The van der Waals surface area contributed by atoms with E-state index >= 15 is 0 Å². The standard InChI is InChI=1S/C12H14N2O3/c13-11(15)12(16)14-6-7-17-8-10(14)9-4-2-1-3-5-9/h1-5,10H,6-8H2,(H2,13,15). The predicted molar refractivity (Wildman–Crippen MR) is 60.9 cm³/mol. The Hall–Kier alpha value is -1.88. The topological polar surface area (TPSA) is 72.6 Å². The Kier molecular flexibility index (Phi) is 3.39. The lowest BCUT2D eigenvalue weighted by molar-refractivity contribution is -0.150. The van der Waals surface area contributed by atoms with Gasteiger partial charge in [-0.2, -0.15) is 0 Å². The van der Waals surface area contributed by atoms with Crippen molar-refractivity contribution in [1.29, 1.82) is 0 Å². The van der Waals surface area contributed by atoms with E-state index in [2.05, 4.69) is 0 Å². The fourth-order valence-electron chi connectivity index (χ4n) is 1.94. The first kappa shape index (κ1) is 11.6. The van der Waals surface area contributed by atoms with E-state index in [1.807, 2.05) is 30.3 Å². The summed E-state index contributed by atoms with van der Waals surface area (Å²) in [5.74, 6) is -1.57. The minimum absolute atomic E-state index is 0.232. The van der Waals surface area contributed by atoms with Crippen LogP contribution in [0.2, 0.25) is 0 Å². The molecule has 1 unspecified atom stereocenters. The fourth-order valence-corrected chi connectivity index (χ4v) is 1.94. The number of carbonyl (C=O) groups is 2. The summed E-state index contributed by atoms with van der Waals surface area (Å²) < 4.78 is 5.35. The summed E-state index contributed by atoms with van der Waals surface area (Å²) in [7, 11) is 0. The van der Waals surface area contributed by atoms with Gasteiger partial charge in [0.15, 0.2) is 0 Å². The highest BCUT2D eigenvalue weighted by Gasteiger charge is 2.30. The third-order valence-electron chi connectivity index (χ3n) is 2.78. The first-order chi connectivity index (χ1) is 8.20.